The summed E-state index contributed by atoms with van der Waals surface area (Å²) in [4.78, 5) is 143. The highest BCUT2D eigenvalue weighted by molar-refractivity contribution is 7.12. The van der Waals surface area contributed by atoms with E-state index < -0.39 is 11.8 Å². The second-order valence-corrected chi connectivity index (χ2v) is 38.2. The lowest BCUT2D eigenvalue weighted by molar-refractivity contribution is -0.119. The van der Waals surface area contributed by atoms with Gasteiger partial charge in [0, 0.05) is 124 Å². The van der Waals surface area contributed by atoms with Crippen molar-refractivity contribution in [3.05, 3.63) is 244 Å². The number of rotatable bonds is 29. The monoisotopic (exact) mass is 1920 g/mol. The molecule has 0 unspecified atom stereocenters. The molecule has 0 radical (unpaired) electrons. The number of aromatic nitrogens is 8. The van der Waals surface area contributed by atoms with E-state index in [9.17, 15) is 43.2 Å². The zero-order valence-electron chi connectivity index (χ0n) is 75.5. The molecule has 700 valence electrons. The molecule has 7 heterocycles. The SMILES string of the molecule is C=C(Nc1nc2cc(C(=O)N(C)C3CCCCC3)ccc2n1CCC(N)=O)c1ccc(Cl)c(Cl)c1.C=C(Nc1nc2cc(C(=O)N(C)C3CCCCC3)ccc2n1CCC(N)=O)c1cccc(Cl)c1.CN(C(=O)c1ccc2c(c1)nc(NC(=O)c1cccs1)n2CCCOC(=O)c1cccs1)C1CCCCC1.CN(C(=O)c1ccc2nc(NC(=O)c3cccs3)[nH]c2c1)C1CCCCC1. The number of aromatic amines is 1. The van der Waals surface area contributed by atoms with Gasteiger partial charge < -0.3 is 65.1 Å². The van der Waals surface area contributed by atoms with Crippen molar-refractivity contribution < 1.29 is 47.9 Å². The number of primary amides is 2. The zero-order chi connectivity index (χ0) is 94.6. The average Bonchev–Trinajstić information content (AvgIpc) is 1.64. The number of anilines is 4. The maximum absolute atomic E-state index is 13.3. The number of amides is 8. The molecule has 0 bridgehead atoms. The van der Waals surface area contributed by atoms with Crippen LogP contribution in [0.5, 0.6) is 0 Å². The molecule has 0 spiro atoms. The lowest BCUT2D eigenvalue weighted by atomic mass is 9.94. The van der Waals surface area contributed by atoms with Gasteiger partial charge in [0.15, 0.2) is 0 Å². The van der Waals surface area contributed by atoms with Crippen LogP contribution in [0.3, 0.4) is 0 Å². The predicted octanol–water partition coefficient (Wildman–Crippen LogP) is 21.1. The molecule has 17 rings (SSSR count). The van der Waals surface area contributed by atoms with Gasteiger partial charge >= 0.3 is 5.97 Å². The molecule has 4 aliphatic carbocycles. The number of esters is 1. The van der Waals surface area contributed by atoms with E-state index in [0.29, 0.717) is 141 Å². The zero-order valence-corrected chi connectivity index (χ0v) is 80.2. The van der Waals surface area contributed by atoms with Crippen LogP contribution in [0.25, 0.3) is 55.5 Å². The summed E-state index contributed by atoms with van der Waals surface area (Å²) < 4.78 is 11.1. The Morgan fingerprint density at radius 3 is 1.19 bits per heavy atom. The van der Waals surface area contributed by atoms with Crippen molar-refractivity contribution in [1.82, 2.24) is 58.2 Å². The van der Waals surface area contributed by atoms with Gasteiger partial charge in [-0.2, -0.15) is 0 Å². The maximum Gasteiger partial charge on any atom is 0.348 e. The first-order valence-electron chi connectivity index (χ1n) is 45.4. The van der Waals surface area contributed by atoms with E-state index in [-0.39, 0.29) is 79.0 Å². The second kappa shape index (κ2) is 45.9. The number of benzene rings is 6. The van der Waals surface area contributed by atoms with Crippen LogP contribution in [-0.4, -0.2) is 170 Å². The van der Waals surface area contributed by atoms with Gasteiger partial charge in [-0.3, -0.25) is 49.0 Å². The van der Waals surface area contributed by atoms with Crippen molar-refractivity contribution in [2.75, 3.05) is 56.1 Å². The summed E-state index contributed by atoms with van der Waals surface area (Å²) in [6.45, 7) is 9.61. The number of halogens is 3. The number of imidazole rings is 4. The summed E-state index contributed by atoms with van der Waals surface area (Å²) in [5.74, 6) is 0.192. The van der Waals surface area contributed by atoms with Gasteiger partial charge in [0.05, 0.1) is 70.5 Å². The molecule has 9 N–H and O–H groups in total. The van der Waals surface area contributed by atoms with Crippen molar-refractivity contribution in [3.8, 4) is 0 Å². The molecule has 0 saturated heterocycles. The number of aryl methyl sites for hydroxylation is 3. The summed E-state index contributed by atoms with van der Waals surface area (Å²) in [5.41, 5.74) is 21.7. The number of hydrogen-bond donors (Lipinski definition) is 7. The van der Waals surface area contributed by atoms with Gasteiger partial charge in [-0.05, 0) is 200 Å². The average molecular weight is 1930 g/mol. The third kappa shape index (κ3) is 24.7. The Balaban J connectivity index is 0.000000144. The molecule has 7 aromatic heterocycles. The number of nitrogens with two attached hydrogens (primary N) is 2. The molecule has 8 amide bonds. The van der Waals surface area contributed by atoms with Crippen LogP contribution in [0.2, 0.25) is 15.1 Å². The van der Waals surface area contributed by atoms with E-state index in [1.165, 1.54) is 72.5 Å². The molecular formula is C100H111Cl3N18O10S3. The Kier molecular flexibility index (Phi) is 33.4. The molecule has 4 fully saturated rings. The number of ether oxygens (including phenoxy) is 1. The molecular weight excluding hydrogens is 1820 g/mol. The molecule has 28 nitrogen and oxygen atoms in total. The van der Waals surface area contributed by atoms with E-state index in [1.807, 2.05) is 169 Å². The van der Waals surface area contributed by atoms with Crippen LogP contribution in [0.4, 0.5) is 23.8 Å². The van der Waals surface area contributed by atoms with E-state index in [2.05, 4.69) is 44.4 Å². The Labute approximate surface area is 804 Å². The first kappa shape index (κ1) is 97.5. The van der Waals surface area contributed by atoms with Crippen LogP contribution >= 0.6 is 68.8 Å². The first-order chi connectivity index (χ1) is 64.7. The quantitative estimate of drug-likeness (QED) is 0.0169. The minimum Gasteiger partial charge on any atom is -0.461 e. The normalized spacial score (nSPS) is 14.3. The number of hydrogen-bond acceptors (Lipinski definition) is 19. The van der Waals surface area contributed by atoms with Crippen LogP contribution in [0.15, 0.2) is 181 Å². The highest BCUT2D eigenvalue weighted by atomic mass is 35.5. The van der Waals surface area contributed by atoms with Crippen molar-refractivity contribution in [3.63, 3.8) is 0 Å². The largest absolute Gasteiger partial charge is 0.461 e. The third-order valence-corrected chi connectivity index (χ3v) is 28.6. The molecule has 6 aromatic carbocycles. The maximum atomic E-state index is 13.3. The van der Waals surface area contributed by atoms with Gasteiger partial charge in [-0.1, -0.05) is 161 Å². The van der Waals surface area contributed by atoms with E-state index >= 15 is 0 Å². The van der Waals surface area contributed by atoms with Crippen LogP contribution < -0.4 is 32.7 Å². The summed E-state index contributed by atoms with van der Waals surface area (Å²) in [6, 6.07) is 46.3. The highest BCUT2D eigenvalue weighted by Crippen LogP contribution is 2.35. The lowest BCUT2D eigenvalue weighted by Crippen LogP contribution is -2.38. The van der Waals surface area contributed by atoms with Crippen LogP contribution in [0, 0.1) is 0 Å². The minimum atomic E-state index is -0.415. The minimum absolute atomic E-state index is 0.00154. The molecule has 134 heavy (non-hydrogen) atoms. The Bertz CT molecular complexity index is 6400. The fourth-order valence-electron chi connectivity index (χ4n) is 17.5. The molecule has 13 aromatic rings. The van der Waals surface area contributed by atoms with Crippen molar-refractivity contribution >= 4 is 201 Å². The molecule has 34 heteroatoms. The highest BCUT2D eigenvalue weighted by Gasteiger charge is 2.31. The van der Waals surface area contributed by atoms with Gasteiger partial charge in [0.1, 0.15) is 4.88 Å². The fraction of sp³-hybridized carbons (Fsp3) is 0.350. The van der Waals surface area contributed by atoms with Gasteiger partial charge in [0.2, 0.25) is 35.6 Å². The number of fused-ring (bicyclic) bond motifs is 4. The topological polar surface area (TPSA) is 358 Å². The van der Waals surface area contributed by atoms with E-state index in [0.717, 1.165) is 123 Å². The van der Waals surface area contributed by atoms with Crippen molar-refractivity contribution in [2.24, 2.45) is 11.5 Å². The van der Waals surface area contributed by atoms with Crippen molar-refractivity contribution in [1.29, 1.82) is 0 Å². The standard InChI is InChI=1S/C28H30N4O4S2.C26H29Cl2N5O2.C26H30ClN5O2.C20H22N4O2S/c1-31(20-8-3-2-4-9-20)26(34)19-12-13-22-21(18-19)29-28(30-25(33)23-10-5-16-37-23)32(22)14-7-15-36-27(35)24-11-6-17-38-24;1-16(17-8-10-20(27)21(28)14-17)30-26-31-22-15-18(9-11-23(22)33(26)13-12-24(29)34)25(35)32(2)19-6-4-3-5-7-19;1-17(18-7-6-8-20(27)15-18)29-26-30-22-16-19(11-12-23(22)32(26)14-13-24(28)33)25(34)31(2)21-9-4-3-5-10-21;1-24(14-6-3-2-4-7-14)19(26)13-9-10-15-16(12-13)22-20(21-15)23-18(25)17-8-5-11-27-17/h5-6,10-13,16-18,20H,2-4,7-9,14-15H2,1H3,(H,29,30,33);8-11,14-15,19H,1,3-7,12-13H2,2H3,(H2,29,34)(H,30,31);6-8,11-12,15-16,21H,1,3-5,9-10,13-14H2,2H3,(H2,28,33)(H,29,30);5,8-12,14H,2-4,6-7H2,1H3,(H2,21,22,23,25). The lowest BCUT2D eigenvalue weighted by Gasteiger charge is -2.31. The molecule has 0 aliphatic heterocycles. The van der Waals surface area contributed by atoms with E-state index in [1.54, 1.807) is 60.7 Å². The van der Waals surface area contributed by atoms with Gasteiger partial charge in [-0.25, -0.2) is 24.7 Å². The fourth-order valence-corrected chi connectivity index (χ4v) is 19.9. The van der Waals surface area contributed by atoms with Gasteiger partial charge in [-0.15, -0.1) is 34.0 Å². The summed E-state index contributed by atoms with van der Waals surface area (Å²) in [5, 5.41) is 19.2. The summed E-state index contributed by atoms with van der Waals surface area (Å²) in [7, 11) is 7.53. The van der Waals surface area contributed by atoms with Crippen LogP contribution in [0.1, 0.15) is 229 Å². The number of thiophene rings is 3. The number of carbonyl (C=O) groups is 9. The molecule has 4 saturated carbocycles. The van der Waals surface area contributed by atoms with Crippen LogP contribution in [-0.2, 0) is 34.0 Å². The number of nitrogens with one attached hydrogen (secondary N) is 5. The molecule has 0 atom stereocenters. The summed E-state index contributed by atoms with van der Waals surface area (Å²) in [6.07, 6.45) is 23.5. The number of carbonyl (C=O) groups excluding carboxylic acids is 9. The van der Waals surface area contributed by atoms with Gasteiger partial charge in [0.25, 0.3) is 35.4 Å². The van der Waals surface area contributed by atoms with E-state index in [4.69, 9.17) is 66.0 Å². The molecule has 4 aliphatic rings. The predicted molar refractivity (Wildman–Crippen MR) is 536 cm³/mol. The number of H-pyrrole nitrogens is 1. The number of nitrogens with zero attached hydrogens (tertiary/aromatic N) is 11. The Hall–Kier alpha value is -12.5. The Morgan fingerprint density at radius 2 is 0.791 bits per heavy atom. The summed E-state index contributed by atoms with van der Waals surface area (Å²) >= 11 is 22.4. The first-order valence-corrected chi connectivity index (χ1v) is 49.2. The van der Waals surface area contributed by atoms with Crippen molar-refractivity contribution in [2.45, 2.75) is 191 Å². The Morgan fingerprint density at radius 1 is 0.410 bits per heavy atom. The second-order valence-electron chi connectivity index (χ2n) is 34.1. The third-order valence-electron chi connectivity index (χ3n) is 25.0. The smallest absolute Gasteiger partial charge is 0.348 e.